The summed E-state index contributed by atoms with van der Waals surface area (Å²) in [6.07, 6.45) is 6.64. The highest BCUT2D eigenvalue weighted by molar-refractivity contribution is 6.04. The molecule has 4 aliphatic carbocycles. The van der Waals surface area contributed by atoms with Crippen LogP contribution in [0.25, 0.3) is 5.76 Å². The number of rotatable bonds is 5. The summed E-state index contributed by atoms with van der Waals surface area (Å²) in [4.78, 5) is 12.7. The van der Waals surface area contributed by atoms with Crippen LogP contribution < -0.4 is 10.1 Å². The van der Waals surface area contributed by atoms with Gasteiger partial charge in [0.1, 0.15) is 11.5 Å². The summed E-state index contributed by atoms with van der Waals surface area (Å²) in [6, 6.07) is 15.2. The number of carbonyl (C=O) groups is 1. The Bertz CT molecular complexity index is 949. The molecule has 2 aromatic rings. The Morgan fingerprint density at radius 1 is 0.867 bits per heavy atom. The van der Waals surface area contributed by atoms with Gasteiger partial charge in [0.15, 0.2) is 0 Å². The van der Waals surface area contributed by atoms with Crippen LogP contribution in [0, 0.1) is 23.7 Å². The third-order valence-corrected chi connectivity index (χ3v) is 7.18. The first-order valence-electron chi connectivity index (χ1n) is 11.0. The molecule has 2 aromatic carbocycles. The molecule has 0 saturated heterocycles. The van der Waals surface area contributed by atoms with Gasteiger partial charge in [0.05, 0.1) is 14.2 Å². The predicted molar refractivity (Wildman–Crippen MR) is 118 cm³/mol. The molecule has 0 aliphatic heterocycles. The van der Waals surface area contributed by atoms with Crippen molar-refractivity contribution in [2.24, 2.45) is 23.7 Å². The molecule has 0 spiro atoms. The zero-order chi connectivity index (χ0) is 20.7. The van der Waals surface area contributed by atoms with E-state index in [1.165, 1.54) is 37.7 Å². The summed E-state index contributed by atoms with van der Waals surface area (Å²) in [5, 5.41) is 3.02. The van der Waals surface area contributed by atoms with Crippen LogP contribution in [0.3, 0.4) is 0 Å². The molecular weight excluding hydrogens is 374 g/mol. The third kappa shape index (κ3) is 3.49. The number of hydrogen-bond acceptors (Lipinski definition) is 3. The molecule has 1 N–H and O–H groups in total. The molecule has 6 rings (SSSR count). The Labute approximate surface area is 178 Å². The van der Waals surface area contributed by atoms with Crippen LogP contribution >= 0.6 is 0 Å². The van der Waals surface area contributed by atoms with Crippen molar-refractivity contribution in [3.8, 4) is 5.75 Å². The van der Waals surface area contributed by atoms with Gasteiger partial charge in [-0.1, -0.05) is 18.2 Å². The summed E-state index contributed by atoms with van der Waals surface area (Å²) < 4.78 is 11.6. The zero-order valence-corrected chi connectivity index (χ0v) is 17.7. The van der Waals surface area contributed by atoms with Crippen molar-refractivity contribution in [1.82, 2.24) is 0 Å². The monoisotopic (exact) mass is 403 g/mol. The van der Waals surface area contributed by atoms with E-state index in [1.807, 2.05) is 48.5 Å². The van der Waals surface area contributed by atoms with Crippen molar-refractivity contribution >= 4 is 17.4 Å². The summed E-state index contributed by atoms with van der Waals surface area (Å²) in [5.74, 6) is 4.67. The fraction of sp³-hybridized carbons (Fsp3) is 0.423. The minimum Gasteiger partial charge on any atom is -0.497 e. The number of carbonyl (C=O) groups excluding carboxylic acids is 1. The summed E-state index contributed by atoms with van der Waals surface area (Å²) in [7, 11) is 3.43. The van der Waals surface area contributed by atoms with Crippen LogP contribution in [-0.2, 0) is 4.74 Å². The molecule has 4 nitrogen and oxygen atoms in total. The fourth-order valence-electron chi connectivity index (χ4n) is 6.18. The standard InChI is InChI=1S/C26H29NO3/c1-29-23-14-21(13-22(15-23)27-26(28)18-6-4-3-5-7-18)25(30-2)24-19-9-16-8-17(11-19)12-20(24)10-16/h3-7,13-17,19-20H,8-12H2,1-2H3,(H,27,28). The second-order valence-corrected chi connectivity index (χ2v) is 9.06. The van der Waals surface area contributed by atoms with E-state index in [0.29, 0.717) is 17.4 Å². The van der Waals surface area contributed by atoms with Gasteiger partial charge in [0.2, 0.25) is 0 Å². The molecule has 0 radical (unpaired) electrons. The maximum atomic E-state index is 12.7. The van der Waals surface area contributed by atoms with Gasteiger partial charge in [-0.15, -0.1) is 0 Å². The van der Waals surface area contributed by atoms with Crippen LogP contribution in [0.2, 0.25) is 0 Å². The SMILES string of the molecule is COC(=C1C2CC3CC(C2)CC1C3)c1cc(NC(=O)c2ccccc2)cc(OC)c1. The predicted octanol–water partition coefficient (Wildman–Crippen LogP) is 5.76. The Balaban J connectivity index is 1.50. The normalized spacial score (nSPS) is 26.4. The molecule has 156 valence electrons. The Morgan fingerprint density at radius 2 is 1.53 bits per heavy atom. The van der Waals surface area contributed by atoms with Crippen LogP contribution in [-0.4, -0.2) is 20.1 Å². The second-order valence-electron chi connectivity index (χ2n) is 9.06. The smallest absolute Gasteiger partial charge is 0.255 e. The van der Waals surface area contributed by atoms with E-state index < -0.39 is 0 Å². The van der Waals surface area contributed by atoms with Gasteiger partial charge >= 0.3 is 0 Å². The zero-order valence-electron chi connectivity index (χ0n) is 17.7. The van der Waals surface area contributed by atoms with E-state index >= 15 is 0 Å². The van der Waals surface area contributed by atoms with E-state index in [2.05, 4.69) is 5.32 Å². The quantitative estimate of drug-likeness (QED) is 0.646. The molecule has 0 heterocycles. The minimum absolute atomic E-state index is 0.129. The van der Waals surface area contributed by atoms with Crippen molar-refractivity contribution in [2.75, 3.05) is 19.5 Å². The molecule has 30 heavy (non-hydrogen) atoms. The van der Waals surface area contributed by atoms with Crippen molar-refractivity contribution in [3.05, 3.63) is 65.2 Å². The lowest BCUT2D eigenvalue weighted by Gasteiger charge is -2.51. The lowest BCUT2D eigenvalue weighted by Crippen LogP contribution is -2.40. The summed E-state index contributed by atoms with van der Waals surface area (Å²) in [6.45, 7) is 0. The highest BCUT2D eigenvalue weighted by atomic mass is 16.5. The summed E-state index contributed by atoms with van der Waals surface area (Å²) in [5.41, 5.74) is 3.84. The van der Waals surface area contributed by atoms with Crippen LogP contribution in [0.5, 0.6) is 5.75 Å². The van der Waals surface area contributed by atoms with Gasteiger partial charge in [-0.3, -0.25) is 4.79 Å². The van der Waals surface area contributed by atoms with E-state index in [4.69, 9.17) is 9.47 Å². The third-order valence-electron chi connectivity index (χ3n) is 7.18. The number of hydrogen-bond donors (Lipinski definition) is 1. The van der Waals surface area contributed by atoms with Gasteiger partial charge in [0, 0.05) is 22.9 Å². The number of amides is 1. The van der Waals surface area contributed by atoms with Crippen molar-refractivity contribution in [1.29, 1.82) is 0 Å². The lowest BCUT2D eigenvalue weighted by molar-refractivity contribution is 0.0675. The molecule has 1 amide bonds. The largest absolute Gasteiger partial charge is 0.497 e. The van der Waals surface area contributed by atoms with Crippen LogP contribution in [0.15, 0.2) is 54.1 Å². The molecule has 0 unspecified atom stereocenters. The first-order chi connectivity index (χ1) is 14.6. The number of ether oxygens (including phenoxy) is 2. The van der Waals surface area contributed by atoms with Crippen LogP contribution in [0.1, 0.15) is 48.0 Å². The van der Waals surface area contributed by atoms with E-state index in [9.17, 15) is 4.79 Å². The molecule has 4 heteroatoms. The van der Waals surface area contributed by atoms with E-state index in [1.54, 1.807) is 14.2 Å². The highest BCUT2D eigenvalue weighted by Gasteiger charge is 2.46. The van der Waals surface area contributed by atoms with Crippen molar-refractivity contribution in [3.63, 3.8) is 0 Å². The minimum atomic E-state index is -0.129. The Morgan fingerprint density at radius 3 is 2.13 bits per heavy atom. The molecule has 0 aromatic heterocycles. The van der Waals surface area contributed by atoms with Crippen molar-refractivity contribution < 1.29 is 14.3 Å². The average molecular weight is 404 g/mol. The molecular formula is C26H29NO3. The summed E-state index contributed by atoms with van der Waals surface area (Å²) >= 11 is 0. The maximum Gasteiger partial charge on any atom is 0.255 e. The molecule has 4 aliphatic rings. The molecule has 4 bridgehead atoms. The van der Waals surface area contributed by atoms with Gasteiger partial charge in [-0.25, -0.2) is 0 Å². The van der Waals surface area contributed by atoms with E-state index in [0.717, 1.165) is 34.6 Å². The molecule has 0 atom stereocenters. The van der Waals surface area contributed by atoms with Gasteiger partial charge < -0.3 is 14.8 Å². The van der Waals surface area contributed by atoms with Crippen molar-refractivity contribution in [2.45, 2.75) is 32.1 Å². The number of methoxy groups -OCH3 is 2. The lowest BCUT2D eigenvalue weighted by atomic mass is 9.54. The molecule has 4 fully saturated rings. The second kappa shape index (κ2) is 7.82. The fourth-order valence-corrected chi connectivity index (χ4v) is 6.18. The highest BCUT2D eigenvalue weighted by Crippen LogP contribution is 2.58. The van der Waals surface area contributed by atoms with Gasteiger partial charge in [0.25, 0.3) is 5.91 Å². The maximum absolute atomic E-state index is 12.7. The van der Waals surface area contributed by atoms with E-state index in [-0.39, 0.29) is 5.91 Å². The molecule has 4 saturated carbocycles. The first kappa shape index (κ1) is 19.2. The Kier molecular flexibility index (Phi) is 5.01. The van der Waals surface area contributed by atoms with Gasteiger partial charge in [-0.2, -0.15) is 0 Å². The first-order valence-corrected chi connectivity index (χ1v) is 11.0. The number of nitrogens with one attached hydrogen (secondary N) is 1. The number of benzene rings is 2. The van der Waals surface area contributed by atoms with Crippen LogP contribution in [0.4, 0.5) is 5.69 Å². The topological polar surface area (TPSA) is 47.6 Å². The Hall–Kier alpha value is -2.75. The average Bonchev–Trinajstić information content (AvgIpc) is 2.76. The van der Waals surface area contributed by atoms with Gasteiger partial charge in [-0.05, 0) is 85.6 Å². The number of allylic oxidation sites excluding steroid dienone is 1. The number of anilines is 1.